The average Bonchev–Trinajstić information content (AvgIpc) is 2.73. The molecule has 1 aliphatic rings. The minimum Gasteiger partial charge on any atom is -0.349 e. The van der Waals surface area contributed by atoms with E-state index in [2.05, 4.69) is 5.32 Å². The monoisotopic (exact) mass is 400 g/mol. The van der Waals surface area contributed by atoms with E-state index in [1.807, 2.05) is 38.1 Å². The standard InChI is InChI=1S/C22H28N2O3S/c1-3-21(20-14-8-7-10-17(20)2)23-22(25)18-11-9-15-24(16-18)28(26,27)19-12-5-4-6-13-19/h4-8,10,12-14,18,21H,3,9,11,15-16H2,1-2H3,(H,23,25)/t18-,21-/m1/s1. The minimum atomic E-state index is -3.57. The van der Waals surface area contributed by atoms with Crippen LogP contribution < -0.4 is 5.32 Å². The molecule has 2 aromatic rings. The Morgan fingerprint density at radius 2 is 1.82 bits per heavy atom. The summed E-state index contributed by atoms with van der Waals surface area (Å²) in [6.45, 7) is 4.77. The third-order valence-electron chi connectivity index (χ3n) is 5.42. The Kier molecular flexibility index (Phi) is 6.52. The van der Waals surface area contributed by atoms with Crippen molar-refractivity contribution in [1.82, 2.24) is 9.62 Å². The molecule has 1 aliphatic heterocycles. The minimum absolute atomic E-state index is 0.0604. The molecule has 0 saturated carbocycles. The number of sulfonamides is 1. The Balaban J connectivity index is 1.71. The van der Waals surface area contributed by atoms with Gasteiger partial charge in [0, 0.05) is 13.1 Å². The molecule has 0 radical (unpaired) electrons. The van der Waals surface area contributed by atoms with E-state index >= 15 is 0 Å². The van der Waals surface area contributed by atoms with Crippen LogP contribution in [0.4, 0.5) is 0 Å². The van der Waals surface area contributed by atoms with E-state index in [9.17, 15) is 13.2 Å². The van der Waals surface area contributed by atoms with E-state index < -0.39 is 10.0 Å². The molecule has 6 heteroatoms. The number of hydrogen-bond acceptors (Lipinski definition) is 3. The van der Waals surface area contributed by atoms with Crippen LogP contribution in [0.3, 0.4) is 0 Å². The zero-order valence-corrected chi connectivity index (χ0v) is 17.3. The smallest absolute Gasteiger partial charge is 0.243 e. The molecule has 2 atom stereocenters. The zero-order chi connectivity index (χ0) is 20.1. The predicted octanol–water partition coefficient (Wildman–Crippen LogP) is 3.66. The zero-order valence-electron chi connectivity index (χ0n) is 16.5. The van der Waals surface area contributed by atoms with Crippen LogP contribution in [0.5, 0.6) is 0 Å². The highest BCUT2D eigenvalue weighted by atomic mass is 32.2. The molecule has 0 unspecified atom stereocenters. The van der Waals surface area contributed by atoms with Crippen molar-refractivity contribution in [2.45, 2.75) is 44.0 Å². The number of nitrogens with one attached hydrogen (secondary N) is 1. The van der Waals surface area contributed by atoms with E-state index in [-0.39, 0.29) is 29.3 Å². The first-order chi connectivity index (χ1) is 13.4. The first-order valence-corrected chi connectivity index (χ1v) is 11.3. The highest BCUT2D eigenvalue weighted by molar-refractivity contribution is 7.89. The summed E-state index contributed by atoms with van der Waals surface area (Å²) >= 11 is 0. The van der Waals surface area contributed by atoms with Gasteiger partial charge in [0.05, 0.1) is 16.9 Å². The fourth-order valence-electron chi connectivity index (χ4n) is 3.78. The second-order valence-electron chi connectivity index (χ2n) is 7.34. The largest absolute Gasteiger partial charge is 0.349 e. The summed E-state index contributed by atoms with van der Waals surface area (Å²) < 4.78 is 27.2. The Hall–Kier alpha value is -2.18. The van der Waals surface area contributed by atoms with Gasteiger partial charge in [-0.2, -0.15) is 4.31 Å². The van der Waals surface area contributed by atoms with Gasteiger partial charge in [0.1, 0.15) is 0 Å². The van der Waals surface area contributed by atoms with E-state index in [1.165, 1.54) is 4.31 Å². The maximum Gasteiger partial charge on any atom is 0.243 e. The molecule has 2 aromatic carbocycles. The lowest BCUT2D eigenvalue weighted by atomic mass is 9.95. The van der Waals surface area contributed by atoms with Crippen molar-refractivity contribution in [3.8, 4) is 0 Å². The topological polar surface area (TPSA) is 66.5 Å². The van der Waals surface area contributed by atoms with Crippen LogP contribution in [0.15, 0.2) is 59.5 Å². The van der Waals surface area contributed by atoms with E-state index in [1.54, 1.807) is 30.3 Å². The van der Waals surface area contributed by atoms with Gasteiger partial charge in [-0.1, -0.05) is 49.4 Å². The SMILES string of the molecule is CC[C@@H](NC(=O)[C@@H]1CCCN(S(=O)(=O)c2ccccc2)C1)c1ccccc1C. The maximum atomic E-state index is 12.9. The third-order valence-corrected chi connectivity index (χ3v) is 7.30. The molecule has 3 rings (SSSR count). The van der Waals surface area contributed by atoms with Crippen molar-refractivity contribution in [2.75, 3.05) is 13.1 Å². The highest BCUT2D eigenvalue weighted by Crippen LogP contribution is 2.26. The van der Waals surface area contributed by atoms with Crippen LogP contribution in [0, 0.1) is 12.8 Å². The van der Waals surface area contributed by atoms with E-state index in [0.717, 1.165) is 17.5 Å². The molecular formula is C22H28N2O3S. The first-order valence-electron chi connectivity index (χ1n) is 9.84. The van der Waals surface area contributed by atoms with Crippen molar-refractivity contribution in [3.05, 3.63) is 65.7 Å². The summed E-state index contributed by atoms with van der Waals surface area (Å²) in [6, 6.07) is 16.4. The number of rotatable bonds is 6. The van der Waals surface area contributed by atoms with E-state index in [0.29, 0.717) is 19.4 Å². The van der Waals surface area contributed by atoms with Crippen LogP contribution in [0.25, 0.3) is 0 Å². The van der Waals surface area contributed by atoms with Crippen molar-refractivity contribution >= 4 is 15.9 Å². The van der Waals surface area contributed by atoms with Gasteiger partial charge in [-0.25, -0.2) is 8.42 Å². The van der Waals surface area contributed by atoms with Crippen molar-refractivity contribution < 1.29 is 13.2 Å². The van der Waals surface area contributed by atoms with Crippen LogP contribution >= 0.6 is 0 Å². The Bertz CT molecular complexity index is 912. The molecule has 1 saturated heterocycles. The van der Waals surface area contributed by atoms with Gasteiger partial charge in [0.2, 0.25) is 15.9 Å². The summed E-state index contributed by atoms with van der Waals surface area (Å²) in [5, 5.41) is 3.14. The highest BCUT2D eigenvalue weighted by Gasteiger charge is 2.33. The lowest BCUT2D eigenvalue weighted by molar-refractivity contribution is -0.126. The van der Waals surface area contributed by atoms with Gasteiger partial charge >= 0.3 is 0 Å². The summed E-state index contributed by atoms with van der Waals surface area (Å²) in [5.74, 6) is -0.395. The number of carbonyl (C=O) groups excluding carboxylic acids is 1. The molecule has 0 spiro atoms. The van der Waals surface area contributed by atoms with Crippen LogP contribution in [-0.2, 0) is 14.8 Å². The summed E-state index contributed by atoms with van der Waals surface area (Å²) in [5.41, 5.74) is 2.26. The molecule has 0 aromatic heterocycles. The second kappa shape index (κ2) is 8.88. The Labute approximate surface area is 167 Å². The average molecular weight is 401 g/mol. The summed E-state index contributed by atoms with van der Waals surface area (Å²) in [4.78, 5) is 13.2. The first kappa shape index (κ1) is 20.6. The number of carbonyl (C=O) groups is 1. The Morgan fingerprint density at radius 3 is 2.50 bits per heavy atom. The molecule has 5 nitrogen and oxygen atoms in total. The van der Waals surface area contributed by atoms with E-state index in [4.69, 9.17) is 0 Å². The number of benzene rings is 2. The van der Waals surface area contributed by atoms with Crippen LogP contribution in [0.2, 0.25) is 0 Å². The predicted molar refractivity (Wildman–Crippen MR) is 110 cm³/mol. The quantitative estimate of drug-likeness (QED) is 0.805. The number of aryl methyl sites for hydroxylation is 1. The van der Waals surface area contributed by atoms with Crippen LogP contribution in [-0.4, -0.2) is 31.7 Å². The fraction of sp³-hybridized carbons (Fsp3) is 0.409. The lowest BCUT2D eigenvalue weighted by Gasteiger charge is -2.32. The van der Waals surface area contributed by atoms with Gasteiger partial charge < -0.3 is 5.32 Å². The molecule has 1 heterocycles. The van der Waals surface area contributed by atoms with Gasteiger partial charge in [-0.15, -0.1) is 0 Å². The summed E-state index contributed by atoms with van der Waals surface area (Å²) in [7, 11) is -3.57. The van der Waals surface area contributed by atoms with Crippen molar-refractivity contribution in [2.24, 2.45) is 5.92 Å². The molecule has 0 aliphatic carbocycles. The van der Waals surface area contributed by atoms with Gasteiger partial charge in [-0.05, 0) is 49.4 Å². The molecular weight excluding hydrogens is 372 g/mol. The molecule has 0 bridgehead atoms. The van der Waals surface area contributed by atoms with Crippen molar-refractivity contribution in [1.29, 1.82) is 0 Å². The maximum absolute atomic E-state index is 12.9. The lowest BCUT2D eigenvalue weighted by Crippen LogP contribution is -2.46. The number of piperidine rings is 1. The van der Waals surface area contributed by atoms with Gasteiger partial charge in [-0.3, -0.25) is 4.79 Å². The second-order valence-corrected chi connectivity index (χ2v) is 9.28. The molecule has 28 heavy (non-hydrogen) atoms. The van der Waals surface area contributed by atoms with Crippen LogP contribution in [0.1, 0.15) is 43.4 Å². The van der Waals surface area contributed by atoms with Gasteiger partial charge in [0.25, 0.3) is 0 Å². The number of hydrogen-bond donors (Lipinski definition) is 1. The normalized spacial score (nSPS) is 19.1. The number of nitrogens with zero attached hydrogens (tertiary/aromatic N) is 1. The molecule has 150 valence electrons. The summed E-state index contributed by atoms with van der Waals surface area (Å²) in [6.07, 6.45) is 2.18. The fourth-order valence-corrected chi connectivity index (χ4v) is 5.33. The molecule has 1 N–H and O–H groups in total. The molecule has 1 fully saturated rings. The van der Waals surface area contributed by atoms with Crippen molar-refractivity contribution in [3.63, 3.8) is 0 Å². The number of amides is 1. The molecule has 1 amide bonds. The third kappa shape index (κ3) is 4.45. The van der Waals surface area contributed by atoms with Gasteiger partial charge in [0.15, 0.2) is 0 Å². The Morgan fingerprint density at radius 1 is 1.14 bits per heavy atom.